The maximum Gasteiger partial charge on any atom is 0.325 e. The molecule has 0 atom stereocenters. The number of anilines is 1. The molecule has 21 heavy (non-hydrogen) atoms. The summed E-state index contributed by atoms with van der Waals surface area (Å²) in [6.45, 7) is 8.17. The Hall–Kier alpha value is -1.85. The van der Waals surface area contributed by atoms with E-state index in [9.17, 15) is 4.79 Å². The van der Waals surface area contributed by atoms with Crippen molar-refractivity contribution in [2.75, 3.05) is 18.1 Å². The van der Waals surface area contributed by atoms with Crippen LogP contribution in [0.5, 0.6) is 5.88 Å². The fraction of sp³-hybridized carbons (Fsp3) is 0.667. The van der Waals surface area contributed by atoms with Crippen LogP contribution in [0.2, 0.25) is 0 Å². The Morgan fingerprint density at radius 3 is 2.71 bits per heavy atom. The maximum atomic E-state index is 11.8. The zero-order chi connectivity index (χ0) is 15.4. The van der Waals surface area contributed by atoms with Crippen molar-refractivity contribution >= 4 is 11.9 Å². The number of nitrogens with zero attached hydrogens (tertiary/aromatic N) is 3. The molecule has 0 radical (unpaired) electrons. The number of esters is 1. The second-order valence-corrected chi connectivity index (χ2v) is 5.48. The van der Waals surface area contributed by atoms with Gasteiger partial charge in [0.15, 0.2) is 0 Å². The van der Waals surface area contributed by atoms with E-state index in [2.05, 4.69) is 9.97 Å². The zero-order valence-corrected chi connectivity index (χ0v) is 13.1. The van der Waals surface area contributed by atoms with Crippen LogP contribution in [0.15, 0.2) is 6.07 Å². The highest BCUT2D eigenvalue weighted by Gasteiger charge is 2.33. The minimum Gasteiger partial charge on any atom is -0.475 e. The first-order valence-corrected chi connectivity index (χ1v) is 7.44. The van der Waals surface area contributed by atoms with Crippen molar-refractivity contribution < 1.29 is 14.3 Å². The van der Waals surface area contributed by atoms with E-state index in [0.717, 1.165) is 18.5 Å². The molecule has 2 rings (SSSR count). The maximum absolute atomic E-state index is 11.8. The van der Waals surface area contributed by atoms with Gasteiger partial charge in [0.1, 0.15) is 6.54 Å². The van der Waals surface area contributed by atoms with Crippen molar-refractivity contribution in [2.24, 2.45) is 0 Å². The summed E-state index contributed by atoms with van der Waals surface area (Å²) in [5.74, 6) is 0.837. The highest BCUT2D eigenvalue weighted by Crippen LogP contribution is 2.30. The molecular formula is C15H23N3O3. The van der Waals surface area contributed by atoms with Gasteiger partial charge in [-0.15, -0.1) is 0 Å². The number of carbonyl (C=O) groups is 1. The molecule has 0 bridgehead atoms. The van der Waals surface area contributed by atoms with E-state index in [1.54, 1.807) is 13.0 Å². The largest absolute Gasteiger partial charge is 0.475 e. The monoisotopic (exact) mass is 293 g/mol. The van der Waals surface area contributed by atoms with Gasteiger partial charge in [-0.05, 0) is 40.5 Å². The van der Waals surface area contributed by atoms with Crippen molar-refractivity contribution in [2.45, 2.75) is 52.7 Å². The lowest BCUT2D eigenvalue weighted by atomic mass is 10.4. The van der Waals surface area contributed by atoms with E-state index < -0.39 is 0 Å². The van der Waals surface area contributed by atoms with E-state index in [0.29, 0.717) is 24.5 Å². The normalized spacial score (nSPS) is 14.1. The highest BCUT2D eigenvalue weighted by atomic mass is 16.5. The Morgan fingerprint density at radius 1 is 1.43 bits per heavy atom. The predicted octanol–water partition coefficient (Wildman–Crippen LogP) is 2.10. The van der Waals surface area contributed by atoms with Gasteiger partial charge in [0, 0.05) is 17.8 Å². The molecule has 1 fully saturated rings. The van der Waals surface area contributed by atoms with E-state index in [1.165, 1.54) is 0 Å². The van der Waals surface area contributed by atoms with Gasteiger partial charge in [-0.1, -0.05) is 0 Å². The molecule has 1 aromatic rings. The van der Waals surface area contributed by atoms with Gasteiger partial charge in [-0.3, -0.25) is 4.79 Å². The lowest BCUT2D eigenvalue weighted by Crippen LogP contribution is -2.34. The van der Waals surface area contributed by atoms with Crippen molar-refractivity contribution in [3.63, 3.8) is 0 Å². The van der Waals surface area contributed by atoms with E-state index in [4.69, 9.17) is 9.47 Å². The van der Waals surface area contributed by atoms with Crippen LogP contribution in [0.1, 0.15) is 39.3 Å². The lowest BCUT2D eigenvalue weighted by Gasteiger charge is -2.22. The molecule has 0 spiro atoms. The average Bonchev–Trinajstić information content (AvgIpc) is 3.18. The second kappa shape index (κ2) is 6.74. The molecule has 0 aromatic carbocycles. The molecule has 1 aliphatic rings. The molecule has 6 nitrogen and oxygen atoms in total. The third-order valence-electron chi connectivity index (χ3n) is 3.02. The van der Waals surface area contributed by atoms with Gasteiger partial charge >= 0.3 is 5.97 Å². The molecule has 0 saturated heterocycles. The Balaban J connectivity index is 2.19. The van der Waals surface area contributed by atoms with E-state index in [1.807, 2.05) is 25.7 Å². The van der Waals surface area contributed by atoms with Crippen molar-refractivity contribution in [3.05, 3.63) is 11.8 Å². The minimum atomic E-state index is -0.249. The van der Waals surface area contributed by atoms with E-state index >= 15 is 0 Å². The first kappa shape index (κ1) is 15.5. The van der Waals surface area contributed by atoms with Crippen molar-refractivity contribution in [1.82, 2.24) is 9.97 Å². The van der Waals surface area contributed by atoms with Crippen LogP contribution in [0.25, 0.3) is 0 Å². The summed E-state index contributed by atoms with van der Waals surface area (Å²) in [5, 5.41) is 0. The summed E-state index contributed by atoms with van der Waals surface area (Å²) in [5.41, 5.74) is 0.824. The molecule has 1 heterocycles. The quantitative estimate of drug-likeness (QED) is 0.717. The molecule has 0 amide bonds. The molecule has 6 heteroatoms. The summed E-state index contributed by atoms with van der Waals surface area (Å²) >= 11 is 0. The third kappa shape index (κ3) is 4.58. The molecular weight excluding hydrogens is 270 g/mol. The standard InChI is InChI=1S/C15H23N3O3/c1-5-20-14(19)9-18(12-6-7-12)15-16-11(4)8-13(17-15)21-10(2)3/h8,10,12H,5-7,9H2,1-4H3. The fourth-order valence-electron chi connectivity index (χ4n) is 2.05. The van der Waals surface area contributed by atoms with Gasteiger partial charge in [0.05, 0.1) is 12.7 Å². The number of aryl methyl sites for hydroxylation is 1. The molecule has 116 valence electrons. The summed E-state index contributed by atoms with van der Waals surface area (Å²) in [6.07, 6.45) is 2.15. The Labute approximate surface area is 125 Å². The molecule has 0 N–H and O–H groups in total. The molecule has 1 aromatic heterocycles. The number of ether oxygens (including phenoxy) is 2. The van der Waals surface area contributed by atoms with E-state index in [-0.39, 0.29) is 18.6 Å². The third-order valence-corrected chi connectivity index (χ3v) is 3.02. The van der Waals surface area contributed by atoms with Crippen molar-refractivity contribution in [3.8, 4) is 5.88 Å². The molecule has 0 unspecified atom stereocenters. The lowest BCUT2D eigenvalue weighted by molar-refractivity contribution is -0.141. The van der Waals surface area contributed by atoms with Crippen LogP contribution >= 0.6 is 0 Å². The topological polar surface area (TPSA) is 64.5 Å². The molecule has 0 aliphatic heterocycles. The smallest absolute Gasteiger partial charge is 0.325 e. The number of hydrogen-bond acceptors (Lipinski definition) is 6. The second-order valence-electron chi connectivity index (χ2n) is 5.48. The summed E-state index contributed by atoms with van der Waals surface area (Å²) in [4.78, 5) is 22.5. The molecule has 1 saturated carbocycles. The van der Waals surface area contributed by atoms with Gasteiger partial charge in [0.25, 0.3) is 0 Å². The van der Waals surface area contributed by atoms with Crippen LogP contribution in [0.3, 0.4) is 0 Å². The van der Waals surface area contributed by atoms with Crippen LogP contribution in [-0.4, -0.2) is 41.2 Å². The van der Waals surface area contributed by atoms with Crippen LogP contribution in [0, 0.1) is 6.92 Å². The fourth-order valence-corrected chi connectivity index (χ4v) is 2.05. The van der Waals surface area contributed by atoms with Crippen LogP contribution in [-0.2, 0) is 9.53 Å². The number of rotatable bonds is 7. The van der Waals surface area contributed by atoms with Crippen LogP contribution < -0.4 is 9.64 Å². The van der Waals surface area contributed by atoms with Crippen molar-refractivity contribution in [1.29, 1.82) is 0 Å². The van der Waals surface area contributed by atoms with Gasteiger partial charge in [-0.2, -0.15) is 4.98 Å². The average molecular weight is 293 g/mol. The van der Waals surface area contributed by atoms with Gasteiger partial charge < -0.3 is 14.4 Å². The number of carbonyl (C=O) groups excluding carboxylic acids is 1. The van der Waals surface area contributed by atoms with Gasteiger partial charge in [-0.25, -0.2) is 4.98 Å². The number of hydrogen-bond donors (Lipinski definition) is 0. The Bertz CT molecular complexity index is 501. The van der Waals surface area contributed by atoms with Crippen LogP contribution in [0.4, 0.5) is 5.95 Å². The minimum absolute atomic E-state index is 0.0478. The predicted molar refractivity (Wildman–Crippen MR) is 79.5 cm³/mol. The molecule has 1 aliphatic carbocycles. The first-order valence-electron chi connectivity index (χ1n) is 7.44. The zero-order valence-electron chi connectivity index (χ0n) is 13.1. The van der Waals surface area contributed by atoms with Gasteiger partial charge in [0.2, 0.25) is 11.8 Å². The SMILES string of the molecule is CCOC(=O)CN(c1nc(C)cc(OC(C)C)n1)C1CC1. The highest BCUT2D eigenvalue weighted by molar-refractivity contribution is 5.75. The summed E-state index contributed by atoms with van der Waals surface area (Å²) in [7, 11) is 0. The number of aromatic nitrogens is 2. The summed E-state index contributed by atoms with van der Waals surface area (Å²) < 4.78 is 10.7. The first-order chi connectivity index (χ1) is 9.99. The Morgan fingerprint density at radius 2 is 2.14 bits per heavy atom. The summed E-state index contributed by atoms with van der Waals surface area (Å²) in [6, 6.07) is 2.13. The Kier molecular flexibility index (Phi) is 4.98.